The molecule has 0 saturated heterocycles. The lowest BCUT2D eigenvalue weighted by molar-refractivity contribution is -0.133. The van der Waals surface area contributed by atoms with Gasteiger partial charge in [-0.2, -0.15) is 0 Å². The predicted molar refractivity (Wildman–Crippen MR) is 83.7 cm³/mol. The summed E-state index contributed by atoms with van der Waals surface area (Å²) in [7, 11) is 0. The van der Waals surface area contributed by atoms with Gasteiger partial charge in [-0.25, -0.2) is 0 Å². The van der Waals surface area contributed by atoms with Crippen molar-refractivity contribution >= 4 is 5.91 Å². The number of rotatable bonds is 6. The Morgan fingerprint density at radius 3 is 2.48 bits per heavy atom. The van der Waals surface area contributed by atoms with E-state index in [9.17, 15) is 9.90 Å². The molecule has 4 heteroatoms. The van der Waals surface area contributed by atoms with Crippen LogP contribution in [0.4, 0.5) is 0 Å². The molecule has 1 aliphatic carbocycles. The van der Waals surface area contributed by atoms with Gasteiger partial charge in [0.05, 0.1) is 18.1 Å². The standard InChI is InChI=1S/C17H26N2O2/c18-13-17(9-5-2-6-10-17)16(21)19-15(12-20)11-14-7-3-1-4-8-14/h1,3-4,7-8,15,20H,2,5-6,9-13,18H2,(H,19,21)/t15-/m1/s1. The van der Waals surface area contributed by atoms with E-state index in [4.69, 9.17) is 5.73 Å². The lowest BCUT2D eigenvalue weighted by atomic mass is 9.73. The molecule has 1 saturated carbocycles. The molecule has 0 unspecified atom stereocenters. The number of aliphatic hydroxyl groups excluding tert-OH is 1. The molecule has 0 aromatic heterocycles. The zero-order valence-corrected chi connectivity index (χ0v) is 12.6. The molecule has 2 rings (SSSR count). The quantitative estimate of drug-likeness (QED) is 0.745. The van der Waals surface area contributed by atoms with Gasteiger partial charge >= 0.3 is 0 Å². The summed E-state index contributed by atoms with van der Waals surface area (Å²) in [6.45, 7) is 0.337. The first kappa shape index (κ1) is 16.0. The number of carbonyl (C=O) groups is 1. The summed E-state index contributed by atoms with van der Waals surface area (Å²) >= 11 is 0. The fourth-order valence-corrected chi connectivity index (χ4v) is 3.15. The van der Waals surface area contributed by atoms with E-state index in [2.05, 4.69) is 5.32 Å². The molecular weight excluding hydrogens is 264 g/mol. The van der Waals surface area contributed by atoms with Crippen LogP contribution < -0.4 is 11.1 Å². The minimum absolute atomic E-state index is 0.0136. The lowest BCUT2D eigenvalue weighted by Crippen LogP contribution is -2.51. The molecule has 0 aliphatic heterocycles. The smallest absolute Gasteiger partial charge is 0.227 e. The second kappa shape index (κ2) is 7.57. The van der Waals surface area contributed by atoms with Gasteiger partial charge in [0.2, 0.25) is 5.91 Å². The van der Waals surface area contributed by atoms with Crippen LogP contribution in [0.1, 0.15) is 37.7 Å². The molecule has 1 aromatic carbocycles. The second-order valence-corrected chi connectivity index (χ2v) is 6.09. The Kier molecular flexibility index (Phi) is 5.76. The Hall–Kier alpha value is -1.39. The molecule has 116 valence electrons. The molecule has 1 fully saturated rings. The van der Waals surface area contributed by atoms with Crippen LogP contribution >= 0.6 is 0 Å². The van der Waals surface area contributed by atoms with Gasteiger partial charge in [0.15, 0.2) is 0 Å². The third-order valence-corrected chi connectivity index (χ3v) is 4.56. The molecule has 0 radical (unpaired) electrons. The van der Waals surface area contributed by atoms with Crippen LogP contribution in [-0.4, -0.2) is 30.2 Å². The highest BCUT2D eigenvalue weighted by Crippen LogP contribution is 2.35. The number of aliphatic hydroxyl groups is 1. The van der Waals surface area contributed by atoms with Crippen LogP contribution in [0.25, 0.3) is 0 Å². The Morgan fingerprint density at radius 1 is 1.24 bits per heavy atom. The summed E-state index contributed by atoms with van der Waals surface area (Å²) in [6.07, 6.45) is 5.67. The minimum atomic E-state index is -0.428. The highest BCUT2D eigenvalue weighted by molar-refractivity contribution is 5.83. The molecule has 1 aliphatic rings. The Balaban J connectivity index is 1.98. The van der Waals surface area contributed by atoms with E-state index >= 15 is 0 Å². The van der Waals surface area contributed by atoms with Crippen molar-refractivity contribution in [3.63, 3.8) is 0 Å². The van der Waals surface area contributed by atoms with Gasteiger partial charge in [0.1, 0.15) is 0 Å². The number of carbonyl (C=O) groups excluding carboxylic acids is 1. The van der Waals surface area contributed by atoms with Crippen molar-refractivity contribution in [3.8, 4) is 0 Å². The molecule has 1 amide bonds. The SMILES string of the molecule is NCC1(C(=O)N[C@@H](CO)Cc2ccccc2)CCCCC1. The zero-order valence-electron chi connectivity index (χ0n) is 12.6. The van der Waals surface area contributed by atoms with Gasteiger partial charge < -0.3 is 16.2 Å². The third-order valence-electron chi connectivity index (χ3n) is 4.56. The molecule has 0 heterocycles. The Bertz CT molecular complexity index is 441. The molecule has 1 aromatic rings. The summed E-state index contributed by atoms with van der Waals surface area (Å²) in [5.74, 6) is 0.0136. The van der Waals surface area contributed by atoms with Crippen molar-refractivity contribution in [2.24, 2.45) is 11.1 Å². The van der Waals surface area contributed by atoms with Gasteiger partial charge in [-0.3, -0.25) is 4.79 Å². The number of amides is 1. The minimum Gasteiger partial charge on any atom is -0.394 e. The van der Waals surface area contributed by atoms with Crippen LogP contribution in [0.5, 0.6) is 0 Å². The van der Waals surface area contributed by atoms with E-state index < -0.39 is 5.41 Å². The number of nitrogens with two attached hydrogens (primary N) is 1. The molecule has 4 N–H and O–H groups in total. The van der Waals surface area contributed by atoms with Crippen molar-refractivity contribution in [2.45, 2.75) is 44.6 Å². The normalized spacial score (nSPS) is 19.0. The van der Waals surface area contributed by atoms with Crippen molar-refractivity contribution in [1.29, 1.82) is 0 Å². The number of hydrogen-bond donors (Lipinski definition) is 3. The van der Waals surface area contributed by atoms with Gasteiger partial charge in [-0.15, -0.1) is 0 Å². The Labute approximate surface area is 126 Å². The highest BCUT2D eigenvalue weighted by Gasteiger charge is 2.38. The van der Waals surface area contributed by atoms with Crippen molar-refractivity contribution < 1.29 is 9.90 Å². The van der Waals surface area contributed by atoms with Gasteiger partial charge in [-0.05, 0) is 24.8 Å². The summed E-state index contributed by atoms with van der Waals surface area (Å²) < 4.78 is 0. The van der Waals surface area contributed by atoms with Crippen molar-refractivity contribution in [1.82, 2.24) is 5.32 Å². The second-order valence-electron chi connectivity index (χ2n) is 6.09. The summed E-state index contributed by atoms with van der Waals surface area (Å²) in [6, 6.07) is 9.66. The fraction of sp³-hybridized carbons (Fsp3) is 0.588. The van der Waals surface area contributed by atoms with Crippen LogP contribution in [0.15, 0.2) is 30.3 Å². The van der Waals surface area contributed by atoms with E-state index in [1.165, 1.54) is 6.42 Å². The highest BCUT2D eigenvalue weighted by atomic mass is 16.3. The zero-order chi connectivity index (χ0) is 15.1. The van der Waals surface area contributed by atoms with Crippen LogP contribution in [0.2, 0.25) is 0 Å². The maximum absolute atomic E-state index is 12.6. The maximum atomic E-state index is 12.6. The fourth-order valence-electron chi connectivity index (χ4n) is 3.15. The van der Waals surface area contributed by atoms with E-state index in [-0.39, 0.29) is 18.6 Å². The summed E-state index contributed by atoms with van der Waals surface area (Å²) in [5, 5.41) is 12.6. The molecular formula is C17H26N2O2. The first-order chi connectivity index (χ1) is 10.2. The number of benzene rings is 1. The van der Waals surface area contributed by atoms with E-state index in [0.717, 1.165) is 31.2 Å². The maximum Gasteiger partial charge on any atom is 0.227 e. The number of hydrogen-bond acceptors (Lipinski definition) is 3. The molecule has 0 spiro atoms. The number of nitrogens with one attached hydrogen (secondary N) is 1. The average Bonchev–Trinajstić information content (AvgIpc) is 2.55. The summed E-state index contributed by atoms with van der Waals surface area (Å²) in [4.78, 5) is 12.6. The van der Waals surface area contributed by atoms with Crippen LogP contribution in [-0.2, 0) is 11.2 Å². The molecule has 1 atom stereocenters. The first-order valence-electron chi connectivity index (χ1n) is 7.86. The van der Waals surface area contributed by atoms with E-state index in [1.807, 2.05) is 30.3 Å². The first-order valence-corrected chi connectivity index (χ1v) is 7.86. The topological polar surface area (TPSA) is 75.4 Å². The van der Waals surface area contributed by atoms with Gasteiger partial charge in [0, 0.05) is 6.54 Å². The van der Waals surface area contributed by atoms with Crippen LogP contribution in [0.3, 0.4) is 0 Å². The lowest BCUT2D eigenvalue weighted by Gasteiger charge is -2.35. The molecule has 0 bridgehead atoms. The van der Waals surface area contributed by atoms with Crippen LogP contribution in [0, 0.1) is 5.41 Å². The van der Waals surface area contributed by atoms with Gasteiger partial charge in [0.25, 0.3) is 0 Å². The average molecular weight is 290 g/mol. The van der Waals surface area contributed by atoms with Gasteiger partial charge in [-0.1, -0.05) is 49.6 Å². The van der Waals surface area contributed by atoms with E-state index in [0.29, 0.717) is 13.0 Å². The van der Waals surface area contributed by atoms with Crippen molar-refractivity contribution in [3.05, 3.63) is 35.9 Å². The monoisotopic (exact) mass is 290 g/mol. The van der Waals surface area contributed by atoms with Crippen molar-refractivity contribution in [2.75, 3.05) is 13.2 Å². The largest absolute Gasteiger partial charge is 0.394 e. The van der Waals surface area contributed by atoms with E-state index in [1.54, 1.807) is 0 Å². The molecule has 4 nitrogen and oxygen atoms in total. The molecule has 21 heavy (non-hydrogen) atoms. The summed E-state index contributed by atoms with van der Waals surface area (Å²) in [5.41, 5.74) is 6.57. The Morgan fingerprint density at radius 2 is 1.90 bits per heavy atom. The predicted octanol–water partition coefficient (Wildman–Crippen LogP) is 1.62. The third kappa shape index (κ3) is 4.05.